The lowest BCUT2D eigenvalue weighted by Crippen LogP contribution is -2.45. The Kier molecular flexibility index (Phi) is 12.6. The topological polar surface area (TPSA) is 78.8 Å². The number of piperidine rings is 2. The van der Waals surface area contributed by atoms with E-state index in [9.17, 15) is 31.4 Å². The Morgan fingerprint density at radius 3 is 1.67 bits per heavy atom. The van der Waals surface area contributed by atoms with E-state index in [-0.39, 0.29) is 40.8 Å². The first-order chi connectivity index (χ1) is 17.2. The molecule has 11 heteroatoms. The van der Waals surface area contributed by atoms with Crippen LogP contribution in [0.3, 0.4) is 0 Å². The van der Waals surface area contributed by atoms with E-state index in [1.807, 2.05) is 24.3 Å². The zero-order valence-corrected chi connectivity index (χ0v) is 20.5. The Morgan fingerprint density at radius 1 is 0.744 bits per heavy atom. The van der Waals surface area contributed by atoms with Crippen LogP contribution in [0.15, 0.2) is 48.5 Å². The second-order valence-electron chi connectivity index (χ2n) is 9.88. The fraction of sp³-hybridized carbons (Fsp3) is 0.571. The molecule has 2 saturated heterocycles. The quantitative estimate of drug-likeness (QED) is 0.296. The molecule has 2 aromatic carbocycles. The Balaban J connectivity index is 0.000000371. The van der Waals surface area contributed by atoms with Crippen molar-refractivity contribution >= 4 is 11.4 Å². The molecule has 0 radical (unpaired) electrons. The predicted octanol–water partition coefficient (Wildman–Crippen LogP) is 6.40. The standard InChI is InChI=1S/C13H17F3N2O.C13H17F3N2.2CH4/c14-13(15,16)9-18-6-4-12(19,5-7-18)10-2-1-3-11(17)8-10;14-13(15,16)9-18-6-4-10(5-7-18)11-2-1-3-12(17)8-11;;/h1-3,8,19H,4-7,9,17H2;1-3,8,10H,4-7,9,17H2;2*1H4. The summed E-state index contributed by atoms with van der Waals surface area (Å²) in [6.07, 6.45) is -6.19. The minimum atomic E-state index is -4.19. The molecular formula is C28H42F6N4O. The fourth-order valence-corrected chi connectivity index (χ4v) is 4.94. The average Bonchev–Trinajstić information content (AvgIpc) is 2.80. The van der Waals surface area contributed by atoms with Gasteiger partial charge in [0.15, 0.2) is 0 Å². The highest BCUT2D eigenvalue weighted by Crippen LogP contribution is 2.34. The molecule has 0 saturated carbocycles. The van der Waals surface area contributed by atoms with Gasteiger partial charge in [-0.25, -0.2) is 0 Å². The van der Waals surface area contributed by atoms with Gasteiger partial charge >= 0.3 is 12.4 Å². The van der Waals surface area contributed by atoms with Crippen molar-refractivity contribution in [2.75, 3.05) is 50.7 Å². The number of halogens is 6. The van der Waals surface area contributed by atoms with Gasteiger partial charge in [-0.2, -0.15) is 26.3 Å². The minimum Gasteiger partial charge on any atom is -0.399 e. The number of rotatable bonds is 4. The van der Waals surface area contributed by atoms with Gasteiger partial charge in [-0.15, -0.1) is 0 Å². The number of alkyl halides is 6. The number of nitrogen functional groups attached to an aromatic ring is 2. The van der Waals surface area contributed by atoms with Gasteiger partial charge in [-0.1, -0.05) is 39.1 Å². The van der Waals surface area contributed by atoms with Crippen molar-refractivity contribution in [3.05, 3.63) is 59.7 Å². The van der Waals surface area contributed by atoms with E-state index in [0.29, 0.717) is 35.9 Å². The van der Waals surface area contributed by atoms with Gasteiger partial charge in [0, 0.05) is 24.5 Å². The first-order valence-corrected chi connectivity index (χ1v) is 12.2. The summed E-state index contributed by atoms with van der Waals surface area (Å²) < 4.78 is 73.6. The molecule has 2 heterocycles. The molecule has 2 aromatic rings. The molecule has 5 N–H and O–H groups in total. The van der Waals surface area contributed by atoms with E-state index in [4.69, 9.17) is 11.5 Å². The van der Waals surface area contributed by atoms with Crippen LogP contribution < -0.4 is 11.5 Å². The highest BCUT2D eigenvalue weighted by Gasteiger charge is 2.38. The summed E-state index contributed by atoms with van der Waals surface area (Å²) in [4.78, 5) is 2.80. The summed E-state index contributed by atoms with van der Waals surface area (Å²) in [5.74, 6) is 0.331. The van der Waals surface area contributed by atoms with Crippen LogP contribution in [0.4, 0.5) is 37.7 Å². The lowest BCUT2D eigenvalue weighted by Gasteiger charge is -2.38. The van der Waals surface area contributed by atoms with Gasteiger partial charge in [0.05, 0.1) is 18.7 Å². The molecule has 0 unspecified atom stereocenters. The Bertz CT molecular complexity index is 998. The average molecular weight is 565 g/mol. The number of benzene rings is 2. The van der Waals surface area contributed by atoms with Gasteiger partial charge in [-0.05, 0) is 80.1 Å². The fourth-order valence-electron chi connectivity index (χ4n) is 4.94. The number of nitrogens with zero attached hydrogens (tertiary/aromatic N) is 2. The third-order valence-corrected chi connectivity index (χ3v) is 6.88. The summed E-state index contributed by atoms with van der Waals surface area (Å²) in [5.41, 5.74) is 13.4. The molecule has 0 atom stereocenters. The van der Waals surface area contributed by atoms with Crippen molar-refractivity contribution in [1.29, 1.82) is 0 Å². The first kappa shape index (κ1) is 34.5. The van der Waals surface area contributed by atoms with E-state index in [1.54, 1.807) is 24.3 Å². The number of nitrogens with two attached hydrogens (primary N) is 2. The van der Waals surface area contributed by atoms with Crippen LogP contribution in [0.25, 0.3) is 0 Å². The van der Waals surface area contributed by atoms with Crippen molar-refractivity contribution in [1.82, 2.24) is 9.80 Å². The zero-order chi connectivity index (χ0) is 27.3. The molecule has 222 valence electrons. The molecule has 0 aromatic heterocycles. The number of anilines is 2. The molecule has 2 aliphatic heterocycles. The third-order valence-electron chi connectivity index (χ3n) is 6.88. The van der Waals surface area contributed by atoms with E-state index < -0.39 is 31.0 Å². The van der Waals surface area contributed by atoms with Gasteiger partial charge in [-0.3, -0.25) is 9.80 Å². The molecule has 0 spiro atoms. The molecule has 0 amide bonds. The number of aliphatic hydroxyl groups is 1. The summed E-state index contributed by atoms with van der Waals surface area (Å²) in [7, 11) is 0. The van der Waals surface area contributed by atoms with E-state index in [1.165, 1.54) is 9.80 Å². The summed E-state index contributed by atoms with van der Waals surface area (Å²) in [5, 5.41) is 10.5. The van der Waals surface area contributed by atoms with Gasteiger partial charge < -0.3 is 16.6 Å². The van der Waals surface area contributed by atoms with E-state index >= 15 is 0 Å². The molecule has 4 rings (SSSR count). The van der Waals surface area contributed by atoms with Crippen molar-refractivity contribution < 1.29 is 31.4 Å². The van der Waals surface area contributed by atoms with Gasteiger partial charge in [0.1, 0.15) is 0 Å². The van der Waals surface area contributed by atoms with Gasteiger partial charge in [0.2, 0.25) is 0 Å². The maximum absolute atomic E-state index is 12.3. The number of hydrogen-bond acceptors (Lipinski definition) is 5. The van der Waals surface area contributed by atoms with Crippen LogP contribution >= 0.6 is 0 Å². The summed E-state index contributed by atoms with van der Waals surface area (Å²) in [6, 6.07) is 14.5. The molecule has 5 nitrogen and oxygen atoms in total. The van der Waals surface area contributed by atoms with Crippen molar-refractivity contribution in [3.63, 3.8) is 0 Å². The maximum Gasteiger partial charge on any atom is 0.401 e. The smallest absolute Gasteiger partial charge is 0.399 e. The van der Waals surface area contributed by atoms with Crippen molar-refractivity contribution in [2.24, 2.45) is 0 Å². The summed E-state index contributed by atoms with van der Waals surface area (Å²) in [6.45, 7) is -0.260. The number of likely N-dealkylation sites (tertiary alicyclic amines) is 2. The Morgan fingerprint density at radius 2 is 1.21 bits per heavy atom. The normalized spacial score (nSPS) is 18.7. The highest BCUT2D eigenvalue weighted by molar-refractivity contribution is 5.43. The Hall–Kier alpha value is -2.50. The first-order valence-electron chi connectivity index (χ1n) is 12.2. The zero-order valence-electron chi connectivity index (χ0n) is 20.5. The molecule has 0 bridgehead atoms. The van der Waals surface area contributed by atoms with Crippen LogP contribution in [0.2, 0.25) is 0 Å². The predicted molar refractivity (Wildman–Crippen MR) is 145 cm³/mol. The van der Waals surface area contributed by atoms with Crippen LogP contribution in [-0.4, -0.2) is 66.5 Å². The monoisotopic (exact) mass is 564 g/mol. The van der Waals surface area contributed by atoms with Crippen LogP contribution in [-0.2, 0) is 5.60 Å². The van der Waals surface area contributed by atoms with Crippen LogP contribution in [0.1, 0.15) is 57.6 Å². The van der Waals surface area contributed by atoms with Crippen LogP contribution in [0.5, 0.6) is 0 Å². The SMILES string of the molecule is C.C.Nc1cccc(C2(O)CCN(CC(F)(F)F)CC2)c1.Nc1cccc(C2CCN(CC(F)(F)F)CC2)c1. The van der Waals surface area contributed by atoms with Crippen LogP contribution in [0, 0.1) is 0 Å². The lowest BCUT2D eigenvalue weighted by molar-refractivity contribution is -0.154. The second-order valence-corrected chi connectivity index (χ2v) is 9.88. The lowest BCUT2D eigenvalue weighted by atomic mass is 9.84. The summed E-state index contributed by atoms with van der Waals surface area (Å²) >= 11 is 0. The second kappa shape index (κ2) is 14.2. The van der Waals surface area contributed by atoms with Gasteiger partial charge in [0.25, 0.3) is 0 Å². The molecular weight excluding hydrogens is 522 g/mol. The maximum atomic E-state index is 12.3. The molecule has 2 aliphatic rings. The van der Waals surface area contributed by atoms with E-state index in [0.717, 1.165) is 18.4 Å². The third kappa shape index (κ3) is 11.3. The highest BCUT2D eigenvalue weighted by atomic mass is 19.4. The van der Waals surface area contributed by atoms with Crippen molar-refractivity contribution in [3.8, 4) is 0 Å². The number of hydrogen-bond donors (Lipinski definition) is 3. The molecule has 39 heavy (non-hydrogen) atoms. The molecule has 0 aliphatic carbocycles. The minimum absolute atomic E-state index is 0. The largest absolute Gasteiger partial charge is 0.401 e. The van der Waals surface area contributed by atoms with Crippen molar-refractivity contribution in [2.45, 2.75) is 64.4 Å². The Labute approximate surface area is 227 Å². The van der Waals surface area contributed by atoms with E-state index in [2.05, 4.69) is 0 Å². The molecule has 2 fully saturated rings.